The molecule has 1 aliphatic heterocycles. The zero-order valence-electron chi connectivity index (χ0n) is 7.03. The monoisotopic (exact) mass is 179 g/mol. The molecule has 5 heteroatoms. The Morgan fingerprint density at radius 1 is 1.54 bits per heavy atom. The lowest BCUT2D eigenvalue weighted by Crippen LogP contribution is -2.32. The number of phenolic OH excluding ortho intramolecular Hbond substituents is 1. The Morgan fingerprint density at radius 3 is 3.00 bits per heavy atom. The number of hydrogen-bond acceptors (Lipinski definition) is 4. The van der Waals surface area contributed by atoms with Crippen molar-refractivity contribution < 1.29 is 14.8 Å². The Morgan fingerprint density at radius 2 is 2.31 bits per heavy atom. The third-order valence-corrected chi connectivity index (χ3v) is 2.27. The van der Waals surface area contributed by atoms with Crippen LogP contribution in [0.4, 0.5) is 0 Å². The van der Waals surface area contributed by atoms with E-state index < -0.39 is 7.12 Å². The van der Waals surface area contributed by atoms with Crippen molar-refractivity contribution in [2.24, 2.45) is 5.73 Å². The predicted octanol–water partition coefficient (Wildman–Crippen LogP) is -0.931. The second-order valence-corrected chi connectivity index (χ2v) is 3.00. The molecule has 0 unspecified atom stereocenters. The van der Waals surface area contributed by atoms with Crippen molar-refractivity contribution in [3.8, 4) is 5.75 Å². The van der Waals surface area contributed by atoms with Crippen LogP contribution in [0.5, 0.6) is 5.75 Å². The van der Waals surface area contributed by atoms with Crippen molar-refractivity contribution in [2.75, 3.05) is 0 Å². The summed E-state index contributed by atoms with van der Waals surface area (Å²) in [5.41, 5.74) is 7.55. The molecule has 4 nitrogen and oxygen atoms in total. The van der Waals surface area contributed by atoms with Gasteiger partial charge in [-0.2, -0.15) is 0 Å². The topological polar surface area (TPSA) is 75.7 Å². The Labute approximate surface area is 76.1 Å². The minimum Gasteiger partial charge on any atom is -0.508 e. The molecule has 0 saturated heterocycles. The maximum atomic E-state index is 9.45. The van der Waals surface area contributed by atoms with Gasteiger partial charge in [-0.15, -0.1) is 0 Å². The van der Waals surface area contributed by atoms with Crippen molar-refractivity contribution in [2.45, 2.75) is 13.2 Å². The molecule has 0 spiro atoms. The molecule has 1 heterocycles. The highest BCUT2D eigenvalue weighted by Crippen LogP contribution is 2.20. The van der Waals surface area contributed by atoms with Crippen LogP contribution in [0.15, 0.2) is 12.1 Å². The van der Waals surface area contributed by atoms with Crippen LogP contribution >= 0.6 is 0 Å². The van der Waals surface area contributed by atoms with Crippen molar-refractivity contribution >= 4 is 12.6 Å². The minimum atomic E-state index is -0.944. The van der Waals surface area contributed by atoms with Gasteiger partial charge in [0.1, 0.15) is 5.75 Å². The summed E-state index contributed by atoms with van der Waals surface area (Å²) in [5.74, 6) is 0.116. The van der Waals surface area contributed by atoms with E-state index in [1.54, 1.807) is 12.1 Å². The largest absolute Gasteiger partial charge is 0.508 e. The van der Waals surface area contributed by atoms with Crippen LogP contribution in [0.2, 0.25) is 0 Å². The first-order valence-electron chi connectivity index (χ1n) is 4.07. The zero-order chi connectivity index (χ0) is 9.42. The highest BCUT2D eigenvalue weighted by molar-refractivity contribution is 6.62. The van der Waals surface area contributed by atoms with Crippen LogP contribution in [-0.2, 0) is 17.8 Å². The van der Waals surface area contributed by atoms with Gasteiger partial charge in [0.05, 0.1) is 6.61 Å². The summed E-state index contributed by atoms with van der Waals surface area (Å²) in [7, 11) is -0.944. The molecule has 0 amide bonds. The van der Waals surface area contributed by atoms with Crippen LogP contribution in [0, 0.1) is 0 Å². The average Bonchev–Trinajstić information content (AvgIpc) is 2.49. The first kappa shape index (κ1) is 8.56. The molecule has 2 rings (SSSR count). The highest BCUT2D eigenvalue weighted by atomic mass is 16.5. The van der Waals surface area contributed by atoms with Gasteiger partial charge in [0.15, 0.2) is 0 Å². The number of fused-ring (bicyclic) bond motifs is 1. The number of hydrogen-bond donors (Lipinski definition) is 3. The molecule has 0 aliphatic carbocycles. The molecule has 1 aliphatic rings. The minimum absolute atomic E-state index is 0.116. The smallest absolute Gasteiger partial charge is 0.492 e. The summed E-state index contributed by atoms with van der Waals surface area (Å²) < 4.78 is 5.01. The number of phenols is 1. The molecule has 0 aromatic heterocycles. The van der Waals surface area contributed by atoms with Gasteiger partial charge < -0.3 is 20.5 Å². The lowest BCUT2D eigenvalue weighted by molar-refractivity contribution is 0.275. The second kappa shape index (κ2) is 3.03. The van der Waals surface area contributed by atoms with Gasteiger partial charge in [0, 0.05) is 12.1 Å². The van der Waals surface area contributed by atoms with Gasteiger partial charge in [-0.1, -0.05) is 6.07 Å². The molecule has 0 atom stereocenters. The SMILES string of the molecule is NCc1c(O)ccc2c1B(O)OC2. The van der Waals surface area contributed by atoms with Gasteiger partial charge in [0.25, 0.3) is 0 Å². The van der Waals surface area contributed by atoms with Crippen molar-refractivity contribution in [3.63, 3.8) is 0 Å². The third kappa shape index (κ3) is 1.21. The fourth-order valence-corrected chi connectivity index (χ4v) is 1.60. The van der Waals surface area contributed by atoms with E-state index in [-0.39, 0.29) is 12.3 Å². The summed E-state index contributed by atoms with van der Waals surface area (Å²) >= 11 is 0. The van der Waals surface area contributed by atoms with Crippen LogP contribution < -0.4 is 11.2 Å². The van der Waals surface area contributed by atoms with Crippen LogP contribution in [0.25, 0.3) is 0 Å². The number of aromatic hydroxyl groups is 1. The van der Waals surface area contributed by atoms with Gasteiger partial charge in [-0.3, -0.25) is 0 Å². The number of nitrogens with two attached hydrogens (primary N) is 1. The van der Waals surface area contributed by atoms with E-state index in [2.05, 4.69) is 0 Å². The summed E-state index contributed by atoms with van der Waals surface area (Å²) in [6.45, 7) is 0.583. The molecule has 0 saturated carbocycles. The lowest BCUT2D eigenvalue weighted by Gasteiger charge is -2.07. The number of rotatable bonds is 1. The number of benzene rings is 1. The van der Waals surface area contributed by atoms with E-state index in [0.29, 0.717) is 17.6 Å². The predicted molar refractivity (Wildman–Crippen MR) is 48.4 cm³/mol. The van der Waals surface area contributed by atoms with E-state index in [1.165, 1.54) is 0 Å². The van der Waals surface area contributed by atoms with Gasteiger partial charge in [-0.05, 0) is 17.1 Å². The Hall–Kier alpha value is -1.04. The fourth-order valence-electron chi connectivity index (χ4n) is 1.60. The summed E-state index contributed by atoms with van der Waals surface area (Å²) in [5, 5.41) is 18.9. The van der Waals surface area contributed by atoms with Gasteiger partial charge >= 0.3 is 7.12 Å². The Kier molecular flexibility index (Phi) is 1.99. The molecular weight excluding hydrogens is 169 g/mol. The molecule has 1 aromatic rings. The molecule has 0 radical (unpaired) electrons. The molecule has 1 aromatic carbocycles. The first-order chi connectivity index (χ1) is 6.24. The second-order valence-electron chi connectivity index (χ2n) is 3.00. The van der Waals surface area contributed by atoms with Crippen molar-refractivity contribution in [1.82, 2.24) is 0 Å². The van der Waals surface area contributed by atoms with Crippen LogP contribution in [0.3, 0.4) is 0 Å². The standard InChI is InChI=1S/C8H10BNO3/c10-3-6-7(11)2-1-5-4-13-9(12)8(5)6/h1-2,11-12H,3-4,10H2. The van der Waals surface area contributed by atoms with Gasteiger partial charge in [-0.25, -0.2) is 0 Å². The van der Waals surface area contributed by atoms with Crippen LogP contribution in [0.1, 0.15) is 11.1 Å². The van der Waals surface area contributed by atoms with Crippen molar-refractivity contribution in [1.29, 1.82) is 0 Å². The van der Waals surface area contributed by atoms with Crippen molar-refractivity contribution in [3.05, 3.63) is 23.3 Å². The molecule has 68 valence electrons. The summed E-state index contributed by atoms with van der Waals surface area (Å²) in [6, 6.07) is 3.31. The third-order valence-electron chi connectivity index (χ3n) is 2.27. The van der Waals surface area contributed by atoms with Crippen LogP contribution in [-0.4, -0.2) is 17.2 Å². The zero-order valence-corrected chi connectivity index (χ0v) is 7.03. The molecule has 13 heavy (non-hydrogen) atoms. The van der Waals surface area contributed by atoms with Gasteiger partial charge in [0.2, 0.25) is 0 Å². The highest BCUT2D eigenvalue weighted by Gasteiger charge is 2.30. The first-order valence-corrected chi connectivity index (χ1v) is 4.07. The lowest BCUT2D eigenvalue weighted by atomic mass is 9.76. The summed E-state index contributed by atoms with van der Waals surface area (Å²) in [6.07, 6.45) is 0. The van der Waals surface area contributed by atoms with E-state index in [9.17, 15) is 10.1 Å². The van der Waals surface area contributed by atoms with E-state index in [0.717, 1.165) is 5.56 Å². The quantitative estimate of drug-likeness (QED) is 0.486. The Balaban J connectivity index is 2.60. The maximum absolute atomic E-state index is 9.45. The maximum Gasteiger partial charge on any atom is 0.492 e. The molecule has 4 N–H and O–H groups in total. The normalized spacial score (nSPS) is 14.8. The molecule has 0 fully saturated rings. The Bertz CT molecular complexity index is 342. The van der Waals surface area contributed by atoms with E-state index in [4.69, 9.17) is 10.4 Å². The average molecular weight is 179 g/mol. The van der Waals surface area contributed by atoms with E-state index >= 15 is 0 Å². The van der Waals surface area contributed by atoms with E-state index in [1.807, 2.05) is 0 Å². The summed E-state index contributed by atoms with van der Waals surface area (Å²) in [4.78, 5) is 0. The fraction of sp³-hybridized carbons (Fsp3) is 0.250. The molecular formula is C8H10BNO3. The molecule has 0 bridgehead atoms.